The number of ether oxygens (including phenoxy) is 3. The first-order valence-corrected chi connectivity index (χ1v) is 18.2. The normalized spacial score (nSPS) is 10.7. The number of carbonyl (C=O) groups excluding carboxylic acids is 3. The largest absolute Gasteiger partial charge is 1.00 e. The van der Waals surface area contributed by atoms with Gasteiger partial charge in [-0.25, -0.2) is 4.79 Å². The molecule has 13 heteroatoms. The SMILES string of the molecule is C.C=CCOc1ccc2ccccc2c1-c1c(OCC(=O)N[C@H](CCC[NH+]=C(N)N)C(=O)Nc2cccc(C(=O)OCc3ccccc3)c2)ccc2ccccc12.S.[Cl-]. The molecule has 0 bridgehead atoms. The van der Waals surface area contributed by atoms with Crippen molar-refractivity contribution in [3.05, 3.63) is 151 Å². The molecule has 0 radical (unpaired) electrons. The summed E-state index contributed by atoms with van der Waals surface area (Å²) in [4.78, 5) is 43.0. The van der Waals surface area contributed by atoms with E-state index in [0.717, 1.165) is 38.2 Å². The van der Waals surface area contributed by atoms with Gasteiger partial charge < -0.3 is 37.3 Å². The molecule has 11 nitrogen and oxygen atoms in total. The molecule has 0 saturated carbocycles. The molecule has 0 aliphatic heterocycles. The van der Waals surface area contributed by atoms with Gasteiger partial charge in [-0.2, -0.15) is 13.5 Å². The number of carbonyl (C=O) groups is 3. The van der Waals surface area contributed by atoms with E-state index in [0.29, 0.717) is 36.8 Å². The summed E-state index contributed by atoms with van der Waals surface area (Å²) < 4.78 is 17.9. The number of amides is 2. The molecule has 308 valence electrons. The quantitative estimate of drug-likeness (QED) is 0.0308. The fraction of sp³-hybridized carbons (Fsp3) is 0.174. The van der Waals surface area contributed by atoms with E-state index in [4.69, 9.17) is 25.7 Å². The van der Waals surface area contributed by atoms with Gasteiger partial charge in [0, 0.05) is 16.8 Å². The Morgan fingerprint density at radius 2 is 1.37 bits per heavy atom. The highest BCUT2D eigenvalue weighted by Crippen LogP contribution is 2.45. The van der Waals surface area contributed by atoms with Crippen LogP contribution in [-0.2, 0) is 20.9 Å². The van der Waals surface area contributed by atoms with Crippen LogP contribution in [0.15, 0.2) is 140 Å². The summed E-state index contributed by atoms with van der Waals surface area (Å²) in [5, 5.41) is 9.53. The second-order valence-corrected chi connectivity index (χ2v) is 13.0. The second-order valence-electron chi connectivity index (χ2n) is 13.0. The summed E-state index contributed by atoms with van der Waals surface area (Å²) in [5.74, 6) is -0.373. The number of hydrogen-bond acceptors (Lipinski definition) is 6. The number of benzene rings is 6. The highest BCUT2D eigenvalue weighted by atomic mass is 35.5. The number of hydrogen-bond donors (Lipinski definition) is 5. The van der Waals surface area contributed by atoms with Crippen molar-refractivity contribution < 1.29 is 46.0 Å². The Kier molecular flexibility index (Phi) is 18.3. The Balaban J connectivity index is 0.00000310. The molecule has 0 saturated heterocycles. The smallest absolute Gasteiger partial charge is 0.338 e. The van der Waals surface area contributed by atoms with E-state index in [9.17, 15) is 14.4 Å². The molecular formula is C46H50ClN5O6S. The van der Waals surface area contributed by atoms with Gasteiger partial charge in [-0.3, -0.25) is 26.0 Å². The number of fused-ring (bicyclic) bond motifs is 2. The lowest BCUT2D eigenvalue weighted by Gasteiger charge is -2.21. The third-order valence-corrected chi connectivity index (χ3v) is 8.98. The van der Waals surface area contributed by atoms with Crippen LogP contribution in [0.3, 0.4) is 0 Å². The molecular weight excluding hydrogens is 786 g/mol. The molecule has 7 N–H and O–H groups in total. The number of nitrogens with one attached hydrogen (secondary N) is 3. The second kappa shape index (κ2) is 23.0. The summed E-state index contributed by atoms with van der Waals surface area (Å²) >= 11 is 0. The van der Waals surface area contributed by atoms with Gasteiger partial charge in [0.25, 0.3) is 5.91 Å². The van der Waals surface area contributed by atoms with Crippen molar-refractivity contribution in [2.75, 3.05) is 25.1 Å². The van der Waals surface area contributed by atoms with Gasteiger partial charge in [-0.1, -0.05) is 117 Å². The zero-order valence-electron chi connectivity index (χ0n) is 31.7. The van der Waals surface area contributed by atoms with Crippen LogP contribution in [0.5, 0.6) is 11.5 Å². The van der Waals surface area contributed by atoms with Gasteiger partial charge in [-0.15, -0.1) is 0 Å². The topological polar surface area (TPSA) is 169 Å². The van der Waals surface area contributed by atoms with E-state index in [1.54, 1.807) is 24.3 Å². The summed E-state index contributed by atoms with van der Waals surface area (Å²) in [6, 6.07) is 38.5. The van der Waals surface area contributed by atoms with Crippen LogP contribution >= 0.6 is 13.5 Å². The fourth-order valence-electron chi connectivity index (χ4n) is 6.35. The van der Waals surface area contributed by atoms with Crippen molar-refractivity contribution in [3.8, 4) is 22.6 Å². The van der Waals surface area contributed by atoms with E-state index in [1.165, 1.54) is 6.07 Å². The van der Waals surface area contributed by atoms with Gasteiger partial charge in [0.1, 0.15) is 30.8 Å². The van der Waals surface area contributed by atoms with Gasteiger partial charge in [0.05, 0.1) is 12.1 Å². The highest BCUT2D eigenvalue weighted by Gasteiger charge is 2.24. The van der Waals surface area contributed by atoms with E-state index in [-0.39, 0.29) is 64.5 Å². The molecule has 0 spiro atoms. The molecule has 1 atom stereocenters. The van der Waals surface area contributed by atoms with Crippen LogP contribution < -0.4 is 49.0 Å². The molecule has 6 aromatic rings. The van der Waals surface area contributed by atoms with Crippen LogP contribution in [0.2, 0.25) is 0 Å². The number of guanidine groups is 1. The number of rotatable bonds is 17. The molecule has 0 fully saturated rings. The third-order valence-electron chi connectivity index (χ3n) is 8.98. The van der Waals surface area contributed by atoms with Crippen molar-refractivity contribution in [1.29, 1.82) is 0 Å². The number of anilines is 1. The molecule has 2 amide bonds. The lowest BCUT2D eigenvalue weighted by Crippen LogP contribution is -3.00. The number of esters is 1. The molecule has 0 unspecified atom stereocenters. The summed E-state index contributed by atoms with van der Waals surface area (Å²) in [6.07, 6.45) is 2.39. The average Bonchev–Trinajstić information content (AvgIpc) is 3.22. The molecule has 6 aromatic carbocycles. The predicted octanol–water partition coefficient (Wildman–Crippen LogP) is 2.97. The number of halogens is 1. The minimum atomic E-state index is -0.964. The first-order chi connectivity index (χ1) is 27.3. The van der Waals surface area contributed by atoms with E-state index >= 15 is 0 Å². The van der Waals surface area contributed by atoms with Gasteiger partial charge in [0.15, 0.2) is 6.61 Å². The third kappa shape index (κ3) is 12.5. The van der Waals surface area contributed by atoms with Gasteiger partial charge >= 0.3 is 11.9 Å². The van der Waals surface area contributed by atoms with E-state index in [1.807, 2.05) is 103 Å². The van der Waals surface area contributed by atoms with Gasteiger partial charge in [0.2, 0.25) is 5.91 Å². The van der Waals surface area contributed by atoms with Crippen molar-refractivity contribution in [2.45, 2.75) is 32.9 Å². The van der Waals surface area contributed by atoms with Crippen molar-refractivity contribution in [1.82, 2.24) is 5.32 Å². The monoisotopic (exact) mass is 835 g/mol. The zero-order valence-corrected chi connectivity index (χ0v) is 33.5. The molecule has 0 aromatic heterocycles. The Morgan fingerprint density at radius 1 is 0.763 bits per heavy atom. The van der Waals surface area contributed by atoms with Crippen molar-refractivity contribution in [2.24, 2.45) is 11.5 Å². The van der Waals surface area contributed by atoms with Crippen LogP contribution in [0.4, 0.5) is 5.69 Å². The van der Waals surface area contributed by atoms with Crippen molar-refractivity contribution >= 4 is 64.5 Å². The fourth-order valence-corrected chi connectivity index (χ4v) is 6.35. The Hall–Kier alpha value is -6.50. The highest BCUT2D eigenvalue weighted by molar-refractivity contribution is 7.59. The minimum Gasteiger partial charge on any atom is -1.00 e. The average molecular weight is 836 g/mol. The van der Waals surface area contributed by atoms with Crippen LogP contribution in [0.1, 0.15) is 36.2 Å². The standard InChI is InChI=1S/C45H43N5O6.CH4.ClH.H2S/c1-2-26-54-38-23-21-31-14-6-8-18-35(31)41(38)42-36-19-9-7-15-32(36)22-24-39(42)55-29-40(51)50-37(20-11-25-48-45(46)47)43(52)49-34-17-10-16-33(27-34)44(53)56-28-30-12-4-3-5-13-30;;;/h2-10,12-19,21-24,27,37H,1,11,20,25-26,28-29H2,(H,49,52)(H,50,51)(H4,46,47,48);1H4;1H;1H2/t37-;;;/m1.../s1. The van der Waals surface area contributed by atoms with Gasteiger partial charge in [-0.05, 0) is 70.3 Å². The summed E-state index contributed by atoms with van der Waals surface area (Å²) in [6.45, 7) is 4.22. The number of nitrogens with two attached hydrogens (primary N) is 2. The first kappa shape index (κ1) is 46.9. The van der Waals surface area contributed by atoms with E-state index < -0.39 is 23.8 Å². The lowest BCUT2D eigenvalue weighted by atomic mass is 9.92. The minimum absolute atomic E-state index is 0. The lowest BCUT2D eigenvalue weighted by molar-refractivity contribution is -0.459. The predicted molar refractivity (Wildman–Crippen MR) is 236 cm³/mol. The summed E-state index contributed by atoms with van der Waals surface area (Å²) in [7, 11) is 0. The van der Waals surface area contributed by atoms with Crippen LogP contribution in [-0.4, -0.2) is 49.5 Å². The molecule has 6 rings (SSSR count). The van der Waals surface area contributed by atoms with E-state index in [2.05, 4.69) is 22.2 Å². The van der Waals surface area contributed by atoms with Crippen LogP contribution in [0, 0.1) is 0 Å². The molecule has 0 aliphatic rings. The Morgan fingerprint density at radius 3 is 2.00 bits per heavy atom. The first-order valence-electron chi connectivity index (χ1n) is 18.2. The maximum atomic E-state index is 13.7. The Labute approximate surface area is 357 Å². The maximum absolute atomic E-state index is 13.7. The Bertz CT molecular complexity index is 2390. The summed E-state index contributed by atoms with van der Waals surface area (Å²) in [5.41, 5.74) is 14.2. The molecule has 0 heterocycles. The maximum Gasteiger partial charge on any atom is 0.338 e. The van der Waals surface area contributed by atoms with Crippen molar-refractivity contribution in [3.63, 3.8) is 0 Å². The molecule has 0 aliphatic carbocycles. The van der Waals surface area contributed by atoms with Crippen LogP contribution in [0.25, 0.3) is 32.7 Å². The molecule has 59 heavy (non-hydrogen) atoms. The zero-order chi connectivity index (χ0) is 39.3.